The van der Waals surface area contributed by atoms with Crippen LogP contribution in [0, 0.1) is 5.92 Å². The minimum atomic E-state index is -1.69. The molecule has 45 heavy (non-hydrogen) atoms. The maximum Gasteiger partial charge on any atom is 0.374 e. The number of rotatable bonds is 12. The van der Waals surface area contributed by atoms with Gasteiger partial charge in [-0.05, 0) is 41.8 Å². The van der Waals surface area contributed by atoms with Crippen molar-refractivity contribution in [3.05, 3.63) is 102 Å². The molecule has 234 valence electrons. The number of ether oxygens (including phenoxy) is 2. The standard InChI is InChI=1S/C34H35N3O8/c1-21(2)30-33(41)36(20-29(38)35-25(31(39)34(42)43)17-22-11-7-5-8-12-22)26(24-15-16-27(44-3)28(18-24)45-4)19-37(30)32(40)23-13-9-6-10-14-23/h5-16,18-19,21,25,30H,17,20H2,1-4H3,(H,35,38)(H,42,43)/t25-,30-/m0/s1. The fourth-order valence-electron chi connectivity index (χ4n) is 5.18. The normalized spacial score (nSPS) is 15.3. The quantitative estimate of drug-likeness (QED) is 0.296. The Balaban J connectivity index is 1.76. The summed E-state index contributed by atoms with van der Waals surface area (Å²) in [5, 5.41) is 11.9. The van der Waals surface area contributed by atoms with E-state index in [9.17, 15) is 29.1 Å². The van der Waals surface area contributed by atoms with Crippen LogP contribution in [0.3, 0.4) is 0 Å². The highest BCUT2D eigenvalue weighted by Crippen LogP contribution is 2.35. The van der Waals surface area contributed by atoms with E-state index in [1.165, 1.54) is 30.2 Å². The Hall–Kier alpha value is -5.45. The monoisotopic (exact) mass is 613 g/mol. The molecule has 3 aromatic rings. The van der Waals surface area contributed by atoms with E-state index in [1.54, 1.807) is 92.7 Å². The molecule has 0 unspecified atom stereocenters. The van der Waals surface area contributed by atoms with E-state index in [2.05, 4.69) is 5.32 Å². The lowest BCUT2D eigenvalue weighted by Gasteiger charge is -2.41. The number of hydrogen-bond donors (Lipinski definition) is 2. The van der Waals surface area contributed by atoms with E-state index < -0.39 is 48.1 Å². The van der Waals surface area contributed by atoms with Crippen LogP contribution in [0.1, 0.15) is 35.3 Å². The highest BCUT2D eigenvalue weighted by Gasteiger charge is 2.42. The molecule has 0 bridgehead atoms. The first-order valence-electron chi connectivity index (χ1n) is 14.3. The number of carbonyl (C=O) groups is 5. The van der Waals surface area contributed by atoms with Crippen molar-refractivity contribution in [2.24, 2.45) is 5.92 Å². The number of carboxylic acid groups (broad SMARTS) is 1. The summed E-state index contributed by atoms with van der Waals surface area (Å²) >= 11 is 0. The average molecular weight is 614 g/mol. The molecule has 11 nitrogen and oxygen atoms in total. The van der Waals surface area contributed by atoms with Gasteiger partial charge in [-0.1, -0.05) is 62.4 Å². The molecule has 0 radical (unpaired) electrons. The van der Waals surface area contributed by atoms with E-state index >= 15 is 0 Å². The fourth-order valence-corrected chi connectivity index (χ4v) is 5.18. The predicted molar refractivity (Wildman–Crippen MR) is 165 cm³/mol. The van der Waals surface area contributed by atoms with Crippen LogP contribution >= 0.6 is 0 Å². The Bertz CT molecular complexity index is 1600. The number of benzene rings is 3. The second kappa shape index (κ2) is 14.3. The fraction of sp³-hybridized carbons (Fsp3) is 0.265. The Morgan fingerprint density at radius 1 is 0.889 bits per heavy atom. The molecule has 1 heterocycles. The third-order valence-corrected chi connectivity index (χ3v) is 7.38. The lowest BCUT2D eigenvalue weighted by atomic mass is 9.96. The summed E-state index contributed by atoms with van der Waals surface area (Å²) in [6.07, 6.45) is 1.47. The summed E-state index contributed by atoms with van der Waals surface area (Å²) in [7, 11) is 2.94. The molecule has 3 amide bonds. The molecule has 1 aliphatic rings. The minimum Gasteiger partial charge on any atom is -0.493 e. The average Bonchev–Trinajstić information content (AvgIpc) is 3.04. The van der Waals surface area contributed by atoms with Gasteiger partial charge in [-0.2, -0.15) is 0 Å². The number of hydrogen-bond acceptors (Lipinski definition) is 7. The Kier molecular flexibility index (Phi) is 10.4. The van der Waals surface area contributed by atoms with Crippen LogP contribution in [0.5, 0.6) is 11.5 Å². The number of Topliss-reactive ketones (excluding diaryl/α,β-unsaturated/α-hetero) is 1. The molecule has 11 heteroatoms. The van der Waals surface area contributed by atoms with Gasteiger partial charge in [0, 0.05) is 23.7 Å². The van der Waals surface area contributed by atoms with Gasteiger partial charge in [0.05, 0.1) is 19.9 Å². The molecule has 0 aromatic heterocycles. The molecule has 3 aromatic carbocycles. The first-order valence-corrected chi connectivity index (χ1v) is 14.3. The molecule has 0 spiro atoms. The van der Waals surface area contributed by atoms with E-state index in [0.29, 0.717) is 28.2 Å². The van der Waals surface area contributed by atoms with Gasteiger partial charge in [-0.25, -0.2) is 4.79 Å². The number of carbonyl (C=O) groups excluding carboxylic acids is 4. The highest BCUT2D eigenvalue weighted by molar-refractivity contribution is 6.35. The number of methoxy groups -OCH3 is 2. The zero-order chi connectivity index (χ0) is 32.7. The first-order chi connectivity index (χ1) is 21.5. The predicted octanol–water partition coefficient (Wildman–Crippen LogP) is 3.39. The number of nitrogens with zero attached hydrogens (tertiary/aromatic N) is 2. The summed E-state index contributed by atoms with van der Waals surface area (Å²) in [5.41, 5.74) is 1.69. The van der Waals surface area contributed by atoms with Crippen molar-refractivity contribution < 1.29 is 38.6 Å². The lowest BCUT2D eigenvalue weighted by molar-refractivity contribution is -0.150. The van der Waals surface area contributed by atoms with Crippen molar-refractivity contribution >= 4 is 35.2 Å². The second-order valence-electron chi connectivity index (χ2n) is 10.8. The summed E-state index contributed by atoms with van der Waals surface area (Å²) in [6, 6.07) is 19.8. The van der Waals surface area contributed by atoms with E-state index in [4.69, 9.17) is 9.47 Å². The van der Waals surface area contributed by atoms with Crippen LogP contribution in [0.25, 0.3) is 5.70 Å². The van der Waals surface area contributed by atoms with E-state index in [-0.39, 0.29) is 18.0 Å². The lowest BCUT2D eigenvalue weighted by Crippen LogP contribution is -2.57. The number of ketones is 1. The third kappa shape index (κ3) is 7.38. The van der Waals surface area contributed by atoms with Gasteiger partial charge in [0.1, 0.15) is 18.6 Å². The molecule has 0 saturated heterocycles. The number of aliphatic carboxylic acids is 1. The maximum atomic E-state index is 14.2. The molecule has 0 aliphatic carbocycles. The zero-order valence-electron chi connectivity index (χ0n) is 25.4. The van der Waals surface area contributed by atoms with Crippen LogP contribution in [0.15, 0.2) is 85.1 Å². The van der Waals surface area contributed by atoms with Gasteiger partial charge in [-0.15, -0.1) is 0 Å². The Labute approximate surface area is 261 Å². The molecule has 2 N–H and O–H groups in total. The first kappa shape index (κ1) is 32.5. The number of nitrogens with one attached hydrogen (secondary N) is 1. The van der Waals surface area contributed by atoms with Crippen molar-refractivity contribution in [3.63, 3.8) is 0 Å². The topological polar surface area (TPSA) is 143 Å². The summed E-state index contributed by atoms with van der Waals surface area (Å²) in [6.45, 7) is 3.04. The van der Waals surface area contributed by atoms with Crippen LogP contribution < -0.4 is 14.8 Å². The molecule has 0 saturated carbocycles. The van der Waals surface area contributed by atoms with Gasteiger partial charge in [0.15, 0.2) is 11.5 Å². The Morgan fingerprint density at radius 3 is 2.09 bits per heavy atom. The summed E-state index contributed by atoms with van der Waals surface area (Å²) in [4.78, 5) is 68.2. The van der Waals surface area contributed by atoms with Gasteiger partial charge < -0.3 is 24.8 Å². The molecular formula is C34H35N3O8. The van der Waals surface area contributed by atoms with Gasteiger partial charge >= 0.3 is 5.97 Å². The van der Waals surface area contributed by atoms with E-state index in [1.807, 2.05) is 0 Å². The molecule has 0 fully saturated rings. The zero-order valence-corrected chi connectivity index (χ0v) is 25.4. The Morgan fingerprint density at radius 2 is 1.51 bits per heavy atom. The van der Waals surface area contributed by atoms with Crippen molar-refractivity contribution in [3.8, 4) is 11.5 Å². The second-order valence-corrected chi connectivity index (χ2v) is 10.8. The molecule has 1 aliphatic heterocycles. The molecular weight excluding hydrogens is 578 g/mol. The van der Waals surface area contributed by atoms with Crippen LogP contribution in [-0.2, 0) is 25.6 Å². The van der Waals surface area contributed by atoms with Crippen LogP contribution in [0.4, 0.5) is 0 Å². The SMILES string of the molecule is COc1ccc(C2=CN(C(=O)c3ccccc3)[C@@H](C(C)C)C(=O)N2CC(=O)N[C@@H](Cc2ccccc2)C(=O)C(=O)O)cc1OC. The van der Waals surface area contributed by atoms with Crippen molar-refractivity contribution in [1.29, 1.82) is 0 Å². The molecule has 2 atom stereocenters. The number of carboxylic acids is 1. The smallest absolute Gasteiger partial charge is 0.374 e. The van der Waals surface area contributed by atoms with Crippen molar-refractivity contribution in [2.45, 2.75) is 32.4 Å². The van der Waals surface area contributed by atoms with Crippen molar-refractivity contribution in [1.82, 2.24) is 15.1 Å². The van der Waals surface area contributed by atoms with Crippen LogP contribution in [0.2, 0.25) is 0 Å². The largest absolute Gasteiger partial charge is 0.493 e. The highest BCUT2D eigenvalue weighted by atomic mass is 16.5. The van der Waals surface area contributed by atoms with Gasteiger partial charge in [-0.3, -0.25) is 24.1 Å². The van der Waals surface area contributed by atoms with Crippen molar-refractivity contribution in [2.75, 3.05) is 20.8 Å². The third-order valence-electron chi connectivity index (χ3n) is 7.38. The van der Waals surface area contributed by atoms with Crippen LogP contribution in [-0.4, -0.2) is 77.2 Å². The maximum absolute atomic E-state index is 14.2. The number of amides is 3. The van der Waals surface area contributed by atoms with Gasteiger partial charge in [0.2, 0.25) is 5.91 Å². The molecule has 4 rings (SSSR count). The summed E-state index contributed by atoms with van der Waals surface area (Å²) < 4.78 is 10.8. The summed E-state index contributed by atoms with van der Waals surface area (Å²) in [5.74, 6) is -4.12. The minimum absolute atomic E-state index is 0.0575. The van der Waals surface area contributed by atoms with E-state index in [0.717, 1.165) is 0 Å². The van der Waals surface area contributed by atoms with Gasteiger partial charge in [0.25, 0.3) is 17.6 Å².